The summed E-state index contributed by atoms with van der Waals surface area (Å²) in [5.41, 5.74) is 2.64. The van der Waals surface area contributed by atoms with Crippen molar-refractivity contribution in [1.29, 1.82) is 0 Å². The molecule has 0 saturated carbocycles. The van der Waals surface area contributed by atoms with Crippen LogP contribution in [0.5, 0.6) is 5.75 Å². The fourth-order valence-electron chi connectivity index (χ4n) is 3.18. The van der Waals surface area contributed by atoms with Gasteiger partial charge >= 0.3 is 0 Å². The van der Waals surface area contributed by atoms with Crippen molar-refractivity contribution in [2.45, 2.75) is 17.5 Å². The van der Waals surface area contributed by atoms with Crippen LogP contribution in [0.25, 0.3) is 10.9 Å². The second-order valence-electron chi connectivity index (χ2n) is 6.53. The van der Waals surface area contributed by atoms with E-state index in [2.05, 4.69) is 0 Å². The van der Waals surface area contributed by atoms with E-state index >= 15 is 0 Å². The van der Waals surface area contributed by atoms with E-state index in [0.717, 1.165) is 16.9 Å². The highest BCUT2D eigenvalue weighted by Gasteiger charge is 2.14. The molecule has 1 heterocycles. The number of hydrogen-bond acceptors (Lipinski definition) is 4. The predicted molar refractivity (Wildman–Crippen MR) is 119 cm³/mol. The first-order valence-corrected chi connectivity index (χ1v) is 10.5. The van der Waals surface area contributed by atoms with Crippen molar-refractivity contribution in [1.82, 2.24) is 9.55 Å². The van der Waals surface area contributed by atoms with E-state index in [1.165, 1.54) is 11.8 Å². The van der Waals surface area contributed by atoms with E-state index < -0.39 is 0 Å². The largest absolute Gasteiger partial charge is 0.496 e. The lowest BCUT2D eigenvalue weighted by molar-refractivity contribution is 0.407. The van der Waals surface area contributed by atoms with Gasteiger partial charge in [-0.25, -0.2) is 4.98 Å². The molecule has 3 aromatic carbocycles. The number of para-hydroxylation sites is 2. The summed E-state index contributed by atoms with van der Waals surface area (Å²) in [5.74, 6) is 1.41. The maximum atomic E-state index is 13.3. The van der Waals surface area contributed by atoms with Gasteiger partial charge in [0, 0.05) is 16.3 Å². The van der Waals surface area contributed by atoms with Gasteiger partial charge in [0.25, 0.3) is 5.56 Å². The summed E-state index contributed by atoms with van der Waals surface area (Å²) in [5, 5.41) is 1.97. The molecule has 0 N–H and O–H groups in total. The first kappa shape index (κ1) is 19.6. The number of halogens is 1. The first-order valence-electron chi connectivity index (χ1n) is 9.14. The molecule has 0 aliphatic heterocycles. The molecular formula is C23H19ClN2O2S. The molecule has 4 nitrogen and oxygen atoms in total. The number of ether oxygens (including phenoxy) is 1. The molecule has 1 aromatic heterocycles. The van der Waals surface area contributed by atoms with Crippen molar-refractivity contribution in [2.75, 3.05) is 7.11 Å². The summed E-state index contributed by atoms with van der Waals surface area (Å²) in [6, 6.07) is 22.9. The predicted octanol–water partition coefficient (Wildman–Crippen LogP) is 5.40. The van der Waals surface area contributed by atoms with Crippen molar-refractivity contribution >= 4 is 34.3 Å². The lowest BCUT2D eigenvalue weighted by Crippen LogP contribution is -2.24. The summed E-state index contributed by atoms with van der Waals surface area (Å²) in [7, 11) is 1.63. The molecule has 4 aromatic rings. The lowest BCUT2D eigenvalue weighted by Gasteiger charge is -2.15. The third-order valence-electron chi connectivity index (χ3n) is 4.60. The molecule has 29 heavy (non-hydrogen) atoms. The standard InChI is InChI=1S/C23H19ClN2O2S/c1-28-21-12-5-2-8-17(21)14-26-22(27)19-10-3-4-11-20(19)25-23(26)29-15-16-7-6-9-18(24)13-16/h2-13H,14-15H2,1H3. The van der Waals surface area contributed by atoms with Crippen LogP contribution in [0, 0.1) is 0 Å². The number of aromatic nitrogens is 2. The topological polar surface area (TPSA) is 44.1 Å². The number of rotatable bonds is 6. The zero-order valence-corrected chi connectivity index (χ0v) is 17.4. The van der Waals surface area contributed by atoms with Crippen LogP contribution in [0.15, 0.2) is 82.7 Å². The second-order valence-corrected chi connectivity index (χ2v) is 7.91. The summed E-state index contributed by atoms with van der Waals surface area (Å²) >= 11 is 7.63. The van der Waals surface area contributed by atoms with Crippen molar-refractivity contribution in [3.05, 3.63) is 99.3 Å². The SMILES string of the molecule is COc1ccccc1Cn1c(SCc2cccc(Cl)c2)nc2ccccc2c1=O. The minimum Gasteiger partial charge on any atom is -0.496 e. The van der Waals surface area contributed by atoms with Crippen LogP contribution in [0.1, 0.15) is 11.1 Å². The fraction of sp³-hybridized carbons (Fsp3) is 0.130. The summed E-state index contributed by atoms with van der Waals surface area (Å²) in [6.45, 7) is 0.387. The van der Waals surface area contributed by atoms with Crippen LogP contribution in [0.4, 0.5) is 0 Å². The molecule has 0 aliphatic carbocycles. The Labute approximate surface area is 178 Å². The molecule has 6 heteroatoms. The summed E-state index contributed by atoms with van der Waals surface area (Å²) in [6.07, 6.45) is 0. The van der Waals surface area contributed by atoms with Gasteiger partial charge in [0.15, 0.2) is 5.16 Å². The van der Waals surface area contributed by atoms with E-state index in [0.29, 0.717) is 33.4 Å². The van der Waals surface area contributed by atoms with Crippen molar-refractivity contribution < 1.29 is 4.74 Å². The molecular weight excluding hydrogens is 404 g/mol. The Morgan fingerprint density at radius 3 is 2.66 bits per heavy atom. The summed E-state index contributed by atoms with van der Waals surface area (Å²) in [4.78, 5) is 18.0. The Bertz CT molecular complexity index is 1220. The van der Waals surface area contributed by atoms with Gasteiger partial charge in [-0.2, -0.15) is 0 Å². The van der Waals surface area contributed by atoms with Crippen molar-refractivity contribution in [2.24, 2.45) is 0 Å². The van der Waals surface area contributed by atoms with Crippen molar-refractivity contribution in [3.63, 3.8) is 0 Å². The summed E-state index contributed by atoms with van der Waals surface area (Å²) < 4.78 is 7.19. The number of benzene rings is 3. The number of methoxy groups -OCH3 is 1. The van der Waals surface area contributed by atoms with E-state index in [1.807, 2.05) is 72.8 Å². The Hall–Kier alpha value is -2.76. The van der Waals surface area contributed by atoms with Crippen LogP contribution in [-0.2, 0) is 12.3 Å². The third-order valence-corrected chi connectivity index (χ3v) is 5.89. The average Bonchev–Trinajstić information content (AvgIpc) is 2.75. The van der Waals surface area contributed by atoms with Gasteiger partial charge in [0.05, 0.1) is 24.6 Å². The van der Waals surface area contributed by atoms with E-state index in [4.69, 9.17) is 21.3 Å². The second kappa shape index (κ2) is 8.72. The smallest absolute Gasteiger partial charge is 0.262 e. The molecule has 146 valence electrons. The Kier molecular flexibility index (Phi) is 5.88. The third kappa shape index (κ3) is 4.31. The van der Waals surface area contributed by atoms with Crippen LogP contribution >= 0.6 is 23.4 Å². The lowest BCUT2D eigenvalue weighted by atomic mass is 10.2. The number of nitrogens with zero attached hydrogens (tertiary/aromatic N) is 2. The van der Waals surface area contributed by atoms with E-state index in [1.54, 1.807) is 11.7 Å². The Morgan fingerprint density at radius 2 is 1.83 bits per heavy atom. The molecule has 0 saturated heterocycles. The van der Waals surface area contributed by atoms with Crippen molar-refractivity contribution in [3.8, 4) is 5.75 Å². The van der Waals surface area contributed by atoms with Crippen LogP contribution in [0.2, 0.25) is 5.02 Å². The minimum absolute atomic E-state index is 0.0601. The maximum Gasteiger partial charge on any atom is 0.262 e. The van der Waals surface area contributed by atoms with Gasteiger partial charge in [-0.15, -0.1) is 0 Å². The first-order chi connectivity index (χ1) is 14.2. The quantitative estimate of drug-likeness (QED) is 0.308. The average molecular weight is 423 g/mol. The number of hydrogen-bond donors (Lipinski definition) is 0. The molecule has 0 spiro atoms. The molecule has 0 atom stereocenters. The minimum atomic E-state index is -0.0601. The molecule has 4 rings (SSSR count). The zero-order chi connectivity index (χ0) is 20.2. The highest BCUT2D eigenvalue weighted by Crippen LogP contribution is 2.26. The Morgan fingerprint density at radius 1 is 1.03 bits per heavy atom. The zero-order valence-electron chi connectivity index (χ0n) is 15.8. The van der Waals surface area contributed by atoms with E-state index in [9.17, 15) is 4.79 Å². The highest BCUT2D eigenvalue weighted by molar-refractivity contribution is 7.98. The number of fused-ring (bicyclic) bond motifs is 1. The van der Waals surface area contributed by atoms with Gasteiger partial charge < -0.3 is 4.74 Å². The normalized spacial score (nSPS) is 11.0. The van der Waals surface area contributed by atoms with Crippen LogP contribution < -0.4 is 10.3 Å². The highest BCUT2D eigenvalue weighted by atomic mass is 35.5. The van der Waals surface area contributed by atoms with Gasteiger partial charge in [-0.05, 0) is 35.9 Å². The maximum absolute atomic E-state index is 13.3. The van der Waals surface area contributed by atoms with Gasteiger partial charge in [-0.3, -0.25) is 9.36 Å². The van der Waals surface area contributed by atoms with Crippen LogP contribution in [0.3, 0.4) is 0 Å². The molecule has 0 radical (unpaired) electrons. The van der Waals surface area contributed by atoms with E-state index in [-0.39, 0.29) is 5.56 Å². The fourth-order valence-corrected chi connectivity index (χ4v) is 4.33. The monoisotopic (exact) mass is 422 g/mol. The van der Waals surface area contributed by atoms with Gasteiger partial charge in [0.1, 0.15) is 5.75 Å². The van der Waals surface area contributed by atoms with Gasteiger partial charge in [0.2, 0.25) is 0 Å². The Balaban J connectivity index is 1.77. The number of thioether (sulfide) groups is 1. The molecule has 0 fully saturated rings. The molecule has 0 amide bonds. The molecule has 0 bridgehead atoms. The molecule has 0 unspecified atom stereocenters. The van der Waals surface area contributed by atoms with Crippen LogP contribution in [-0.4, -0.2) is 16.7 Å². The molecule has 0 aliphatic rings. The van der Waals surface area contributed by atoms with Gasteiger partial charge in [-0.1, -0.05) is 65.8 Å².